The van der Waals surface area contributed by atoms with Crippen LogP contribution in [0.4, 0.5) is 0 Å². The Morgan fingerprint density at radius 3 is 2.88 bits per heavy atom. The summed E-state index contributed by atoms with van der Waals surface area (Å²) in [4.78, 5) is 3.67. The summed E-state index contributed by atoms with van der Waals surface area (Å²) in [6.07, 6.45) is 0. The number of benzene rings is 1. The number of hydrogen-bond acceptors (Lipinski definition) is 3. The molecule has 0 heterocycles. The van der Waals surface area contributed by atoms with E-state index in [1.165, 1.54) is 0 Å². The first-order valence-corrected chi connectivity index (χ1v) is 5.62. The van der Waals surface area contributed by atoms with Gasteiger partial charge in [-0.2, -0.15) is 5.11 Å². The second-order valence-electron chi connectivity index (χ2n) is 2.83. The van der Waals surface area contributed by atoms with Crippen LogP contribution in [0.25, 0.3) is 0 Å². The molecule has 4 N–H and O–H groups in total. The number of aliphatic imine (C=N–C) groups is 1. The van der Waals surface area contributed by atoms with Crippen LogP contribution in [-0.4, -0.2) is 12.6 Å². The van der Waals surface area contributed by atoms with Gasteiger partial charge >= 0.3 is 0 Å². The van der Waals surface area contributed by atoms with Crippen molar-refractivity contribution >= 4 is 33.5 Å². The molecule has 0 atom stereocenters. The summed E-state index contributed by atoms with van der Waals surface area (Å²) in [5.74, 6) is 0.0635. The van der Waals surface area contributed by atoms with E-state index in [1.54, 1.807) is 6.07 Å². The molecule has 86 valence electrons. The maximum absolute atomic E-state index is 5.97. The van der Waals surface area contributed by atoms with Gasteiger partial charge in [-0.15, -0.1) is 5.11 Å². The minimum atomic E-state index is 0.0635. The van der Waals surface area contributed by atoms with Crippen molar-refractivity contribution in [2.24, 2.45) is 26.7 Å². The number of nitrogens with two attached hydrogens (primary N) is 2. The summed E-state index contributed by atoms with van der Waals surface area (Å²) < 4.78 is 0.936. The molecule has 0 aliphatic heterocycles. The Bertz CT molecular complexity index is 418. The lowest BCUT2D eigenvalue weighted by atomic mass is 10.2. The van der Waals surface area contributed by atoms with Crippen molar-refractivity contribution in [2.75, 3.05) is 6.67 Å². The first kappa shape index (κ1) is 13.1. The molecule has 1 aromatic carbocycles. The van der Waals surface area contributed by atoms with Crippen molar-refractivity contribution in [1.29, 1.82) is 0 Å². The van der Waals surface area contributed by atoms with Gasteiger partial charge in [0, 0.05) is 9.50 Å². The molecule has 0 aliphatic carbocycles. The summed E-state index contributed by atoms with van der Waals surface area (Å²) in [7, 11) is 0. The summed E-state index contributed by atoms with van der Waals surface area (Å²) >= 11 is 9.31. The van der Waals surface area contributed by atoms with Crippen LogP contribution in [0, 0.1) is 0 Å². The number of rotatable bonds is 3. The molecule has 0 amide bonds. The number of guanidine groups is 1. The highest BCUT2D eigenvalue weighted by Gasteiger charge is 1.99. The molecule has 0 unspecified atom stereocenters. The van der Waals surface area contributed by atoms with Crippen molar-refractivity contribution < 1.29 is 0 Å². The minimum absolute atomic E-state index is 0.0635. The number of azo groups is 1. The predicted molar refractivity (Wildman–Crippen MR) is 68.4 cm³/mol. The maximum atomic E-state index is 5.97. The molecule has 0 fully saturated rings. The van der Waals surface area contributed by atoms with Crippen LogP contribution in [0.5, 0.6) is 0 Å². The molecule has 0 saturated heterocycles. The average molecular weight is 305 g/mol. The standard InChI is InChI=1S/C9H11BrClN5/c10-7-1-2-8(11)6(3-7)4-15-16-9(13)14-5-12/h1-3H,4-5,12H2,(H2,13,14). The molecule has 0 spiro atoms. The van der Waals surface area contributed by atoms with Crippen LogP contribution in [0.15, 0.2) is 37.9 Å². The summed E-state index contributed by atoms with van der Waals surface area (Å²) in [6, 6.07) is 5.51. The highest BCUT2D eigenvalue weighted by atomic mass is 79.9. The van der Waals surface area contributed by atoms with Crippen LogP contribution in [-0.2, 0) is 6.54 Å². The first-order valence-electron chi connectivity index (χ1n) is 4.45. The van der Waals surface area contributed by atoms with E-state index >= 15 is 0 Å². The fourth-order valence-electron chi connectivity index (χ4n) is 0.974. The predicted octanol–water partition coefficient (Wildman–Crippen LogP) is 2.29. The van der Waals surface area contributed by atoms with Gasteiger partial charge in [0.1, 0.15) is 0 Å². The van der Waals surface area contributed by atoms with E-state index in [-0.39, 0.29) is 12.6 Å². The highest BCUT2D eigenvalue weighted by molar-refractivity contribution is 9.10. The van der Waals surface area contributed by atoms with Gasteiger partial charge in [0.2, 0.25) is 5.96 Å². The van der Waals surface area contributed by atoms with E-state index in [4.69, 9.17) is 23.1 Å². The number of nitrogens with zero attached hydrogens (tertiary/aromatic N) is 3. The van der Waals surface area contributed by atoms with Gasteiger partial charge in [-0.1, -0.05) is 27.5 Å². The van der Waals surface area contributed by atoms with Crippen molar-refractivity contribution in [1.82, 2.24) is 0 Å². The van der Waals surface area contributed by atoms with Gasteiger partial charge in [0.05, 0.1) is 13.2 Å². The Morgan fingerprint density at radius 2 is 2.19 bits per heavy atom. The zero-order valence-electron chi connectivity index (χ0n) is 8.40. The van der Waals surface area contributed by atoms with E-state index in [0.717, 1.165) is 10.0 Å². The molecule has 0 bridgehead atoms. The SMILES string of the molecule is NC/N=C(/N)N=NCc1cc(Br)ccc1Cl. The zero-order valence-corrected chi connectivity index (χ0v) is 10.7. The van der Waals surface area contributed by atoms with Crippen LogP contribution < -0.4 is 11.5 Å². The fraction of sp³-hybridized carbons (Fsp3) is 0.222. The van der Waals surface area contributed by atoms with Crippen molar-refractivity contribution in [3.63, 3.8) is 0 Å². The highest BCUT2D eigenvalue weighted by Crippen LogP contribution is 2.21. The van der Waals surface area contributed by atoms with E-state index in [2.05, 4.69) is 31.2 Å². The van der Waals surface area contributed by atoms with Crippen LogP contribution in [0.3, 0.4) is 0 Å². The summed E-state index contributed by atoms with van der Waals surface area (Å²) in [5.41, 5.74) is 11.4. The van der Waals surface area contributed by atoms with Gasteiger partial charge in [0.15, 0.2) is 0 Å². The quantitative estimate of drug-likeness (QED) is 0.509. The van der Waals surface area contributed by atoms with Crippen molar-refractivity contribution in [2.45, 2.75) is 6.54 Å². The van der Waals surface area contributed by atoms with Gasteiger partial charge < -0.3 is 11.5 Å². The topological polar surface area (TPSA) is 89.1 Å². The smallest absolute Gasteiger partial charge is 0.236 e. The molecule has 1 aromatic rings. The molecule has 0 saturated carbocycles. The van der Waals surface area contributed by atoms with Crippen molar-refractivity contribution in [3.8, 4) is 0 Å². The molecule has 1 rings (SSSR count). The van der Waals surface area contributed by atoms with Crippen LogP contribution >= 0.6 is 27.5 Å². The molecule has 0 radical (unpaired) electrons. The Kier molecular flexibility index (Phi) is 5.37. The monoisotopic (exact) mass is 303 g/mol. The second kappa shape index (κ2) is 6.57. The van der Waals surface area contributed by atoms with E-state index < -0.39 is 0 Å². The normalized spacial score (nSPS) is 12.3. The zero-order chi connectivity index (χ0) is 12.0. The number of halogens is 2. The average Bonchev–Trinajstić information content (AvgIpc) is 2.23. The lowest BCUT2D eigenvalue weighted by molar-refractivity contribution is 0.954. The third-order valence-electron chi connectivity index (χ3n) is 1.68. The van der Waals surface area contributed by atoms with Crippen LogP contribution in [0.2, 0.25) is 5.02 Å². The molecule has 0 aromatic heterocycles. The molecule has 7 heteroatoms. The molecule has 0 aliphatic rings. The Balaban J connectivity index is 2.67. The summed E-state index contributed by atoms with van der Waals surface area (Å²) in [6.45, 7) is 0.446. The minimum Gasteiger partial charge on any atom is -0.367 e. The Hall–Kier alpha value is -0.980. The Labute approximate surface area is 107 Å². The molecule has 16 heavy (non-hydrogen) atoms. The van der Waals surface area contributed by atoms with Crippen molar-refractivity contribution in [3.05, 3.63) is 33.3 Å². The summed E-state index contributed by atoms with van der Waals surface area (Å²) in [5, 5.41) is 8.18. The van der Waals surface area contributed by atoms with Gasteiger partial charge in [-0.3, -0.25) is 0 Å². The number of hydrogen-bond donors (Lipinski definition) is 2. The van der Waals surface area contributed by atoms with E-state index in [9.17, 15) is 0 Å². The third kappa shape index (κ3) is 4.26. The molecular weight excluding hydrogens is 293 g/mol. The first-order chi connectivity index (χ1) is 7.63. The Morgan fingerprint density at radius 1 is 1.44 bits per heavy atom. The van der Waals surface area contributed by atoms with Gasteiger partial charge in [-0.25, -0.2) is 4.99 Å². The maximum Gasteiger partial charge on any atom is 0.236 e. The largest absolute Gasteiger partial charge is 0.367 e. The molecule has 5 nitrogen and oxygen atoms in total. The van der Waals surface area contributed by atoms with Crippen LogP contribution in [0.1, 0.15) is 5.56 Å². The third-order valence-corrected chi connectivity index (χ3v) is 2.54. The fourth-order valence-corrected chi connectivity index (χ4v) is 1.56. The van der Waals surface area contributed by atoms with E-state index in [1.807, 2.05) is 12.1 Å². The molecular formula is C9H11BrClN5. The van der Waals surface area contributed by atoms with Gasteiger partial charge in [0.25, 0.3) is 0 Å². The van der Waals surface area contributed by atoms with Gasteiger partial charge in [-0.05, 0) is 23.8 Å². The van der Waals surface area contributed by atoms with E-state index in [0.29, 0.717) is 11.6 Å². The second-order valence-corrected chi connectivity index (χ2v) is 4.16. The lowest BCUT2D eigenvalue weighted by Gasteiger charge is -2.00. The lowest BCUT2D eigenvalue weighted by Crippen LogP contribution is -2.10.